The molecular weight excluding hydrogens is 376 g/mol. The Kier molecular flexibility index (Phi) is 6.49. The number of carbonyl (C=O) groups excluding carboxylic acids is 1. The molecule has 156 valence electrons. The molecule has 3 aromatic rings. The first kappa shape index (κ1) is 20.2. The predicted octanol–water partition coefficient (Wildman–Crippen LogP) is 3.71. The van der Waals surface area contributed by atoms with E-state index in [-0.39, 0.29) is 6.03 Å². The van der Waals surface area contributed by atoms with Gasteiger partial charge in [-0.2, -0.15) is 0 Å². The number of benzene rings is 1. The van der Waals surface area contributed by atoms with Crippen molar-refractivity contribution in [1.29, 1.82) is 0 Å². The molecule has 30 heavy (non-hydrogen) atoms. The third-order valence-corrected chi connectivity index (χ3v) is 5.40. The second-order valence-electron chi connectivity index (χ2n) is 7.52. The van der Waals surface area contributed by atoms with Crippen LogP contribution in [0.15, 0.2) is 48.7 Å². The summed E-state index contributed by atoms with van der Waals surface area (Å²) in [5.74, 6) is 0.602. The van der Waals surface area contributed by atoms with Gasteiger partial charge in [-0.3, -0.25) is 9.88 Å². The predicted molar refractivity (Wildman–Crippen MR) is 119 cm³/mol. The molecule has 1 aliphatic rings. The van der Waals surface area contributed by atoms with Gasteiger partial charge in [-0.15, -0.1) is 0 Å². The molecule has 1 aromatic carbocycles. The van der Waals surface area contributed by atoms with Crippen molar-refractivity contribution in [2.24, 2.45) is 0 Å². The maximum Gasteiger partial charge on any atom is 0.323 e. The molecule has 7 nitrogen and oxygen atoms in total. The SMILES string of the molecule is CCNC(=O)N(CCN1CCCCC1)c1ccc2ncc(-c3ccccc3)nc2n1. The first-order valence-electron chi connectivity index (χ1n) is 10.7. The number of nitrogens with zero attached hydrogens (tertiary/aromatic N) is 5. The smallest absolute Gasteiger partial charge is 0.323 e. The Morgan fingerprint density at radius 3 is 2.63 bits per heavy atom. The molecule has 0 saturated carbocycles. The number of hydrogen-bond acceptors (Lipinski definition) is 5. The van der Waals surface area contributed by atoms with Gasteiger partial charge in [0.2, 0.25) is 0 Å². The summed E-state index contributed by atoms with van der Waals surface area (Å²) in [6.07, 6.45) is 5.52. The minimum Gasteiger partial charge on any atom is -0.338 e. The summed E-state index contributed by atoms with van der Waals surface area (Å²) >= 11 is 0. The summed E-state index contributed by atoms with van der Waals surface area (Å²) in [5.41, 5.74) is 3.02. The van der Waals surface area contributed by atoms with Crippen molar-refractivity contribution in [1.82, 2.24) is 25.2 Å². The molecule has 1 N–H and O–H groups in total. The van der Waals surface area contributed by atoms with E-state index in [9.17, 15) is 4.79 Å². The normalized spacial score (nSPS) is 14.6. The van der Waals surface area contributed by atoms with E-state index in [4.69, 9.17) is 9.97 Å². The van der Waals surface area contributed by atoms with Crippen molar-refractivity contribution in [2.75, 3.05) is 37.6 Å². The quantitative estimate of drug-likeness (QED) is 0.678. The molecule has 0 radical (unpaired) electrons. The van der Waals surface area contributed by atoms with E-state index in [0.717, 1.165) is 30.9 Å². The first-order chi connectivity index (χ1) is 14.7. The third-order valence-electron chi connectivity index (χ3n) is 5.40. The van der Waals surface area contributed by atoms with Gasteiger partial charge >= 0.3 is 6.03 Å². The molecule has 0 bridgehead atoms. The van der Waals surface area contributed by atoms with Crippen LogP contribution in [0.2, 0.25) is 0 Å². The van der Waals surface area contributed by atoms with Crippen LogP contribution in [0.3, 0.4) is 0 Å². The van der Waals surface area contributed by atoms with Crippen LogP contribution in [0.25, 0.3) is 22.4 Å². The Morgan fingerprint density at radius 2 is 1.87 bits per heavy atom. The van der Waals surface area contributed by atoms with Crippen molar-refractivity contribution < 1.29 is 4.79 Å². The number of anilines is 1. The van der Waals surface area contributed by atoms with E-state index in [1.807, 2.05) is 49.4 Å². The maximum atomic E-state index is 12.8. The lowest BCUT2D eigenvalue weighted by atomic mass is 10.1. The Balaban J connectivity index is 1.61. The maximum absolute atomic E-state index is 12.8. The number of carbonyl (C=O) groups is 1. The average molecular weight is 405 g/mol. The molecule has 2 amide bonds. The summed E-state index contributed by atoms with van der Waals surface area (Å²) in [4.78, 5) is 30.8. The van der Waals surface area contributed by atoms with Gasteiger partial charge in [0.1, 0.15) is 11.3 Å². The number of nitrogens with one attached hydrogen (secondary N) is 1. The number of likely N-dealkylation sites (tertiary alicyclic amines) is 1. The molecule has 7 heteroatoms. The molecule has 4 rings (SSSR count). The summed E-state index contributed by atoms with van der Waals surface area (Å²) in [5, 5.41) is 2.91. The lowest BCUT2D eigenvalue weighted by Crippen LogP contribution is -2.45. The number of pyridine rings is 1. The summed E-state index contributed by atoms with van der Waals surface area (Å²) < 4.78 is 0. The highest BCUT2D eigenvalue weighted by atomic mass is 16.2. The molecule has 0 spiro atoms. The molecule has 1 saturated heterocycles. The van der Waals surface area contributed by atoms with Crippen molar-refractivity contribution >= 4 is 23.0 Å². The van der Waals surface area contributed by atoms with Crippen molar-refractivity contribution in [2.45, 2.75) is 26.2 Å². The van der Waals surface area contributed by atoms with Gasteiger partial charge in [-0.25, -0.2) is 14.8 Å². The highest BCUT2D eigenvalue weighted by Gasteiger charge is 2.19. The lowest BCUT2D eigenvalue weighted by Gasteiger charge is -2.29. The van der Waals surface area contributed by atoms with E-state index in [1.165, 1.54) is 19.3 Å². The fourth-order valence-electron chi connectivity index (χ4n) is 3.78. The topological polar surface area (TPSA) is 74.2 Å². The molecule has 0 unspecified atom stereocenters. The van der Waals surface area contributed by atoms with Gasteiger partial charge in [0.05, 0.1) is 11.9 Å². The van der Waals surface area contributed by atoms with Gasteiger partial charge in [0.15, 0.2) is 5.65 Å². The molecular formula is C23H28N6O. The standard InChI is InChI=1S/C23H28N6O/c1-2-24-23(30)29(16-15-28-13-7-4-8-14-28)21-12-11-19-22(27-21)26-20(17-25-19)18-9-5-3-6-10-18/h3,5-6,9-12,17H,2,4,7-8,13-16H2,1H3,(H,24,30). The van der Waals surface area contributed by atoms with E-state index in [2.05, 4.69) is 15.2 Å². The Labute approximate surface area is 177 Å². The Morgan fingerprint density at radius 1 is 1.07 bits per heavy atom. The number of fused-ring (bicyclic) bond motifs is 1. The van der Waals surface area contributed by atoms with Crippen LogP contribution in [0.4, 0.5) is 10.6 Å². The lowest BCUT2D eigenvalue weighted by molar-refractivity contribution is 0.227. The van der Waals surface area contributed by atoms with Crippen LogP contribution in [-0.2, 0) is 0 Å². The van der Waals surface area contributed by atoms with Crippen molar-refractivity contribution in [3.63, 3.8) is 0 Å². The number of amides is 2. The van der Waals surface area contributed by atoms with E-state index < -0.39 is 0 Å². The monoisotopic (exact) mass is 404 g/mol. The Hall–Kier alpha value is -3.06. The average Bonchev–Trinajstić information content (AvgIpc) is 2.80. The fraction of sp³-hybridized carbons (Fsp3) is 0.391. The number of rotatable bonds is 6. The first-order valence-corrected chi connectivity index (χ1v) is 10.7. The largest absolute Gasteiger partial charge is 0.338 e. The number of piperidine rings is 1. The van der Waals surface area contributed by atoms with Gasteiger partial charge in [-0.05, 0) is 45.0 Å². The zero-order valence-corrected chi connectivity index (χ0v) is 17.4. The van der Waals surface area contributed by atoms with Crippen molar-refractivity contribution in [3.8, 4) is 11.3 Å². The van der Waals surface area contributed by atoms with Crippen LogP contribution in [0.1, 0.15) is 26.2 Å². The van der Waals surface area contributed by atoms with Gasteiger partial charge < -0.3 is 10.2 Å². The number of aromatic nitrogens is 3. The number of urea groups is 1. The van der Waals surface area contributed by atoms with Crippen LogP contribution in [0, 0.1) is 0 Å². The fourth-order valence-corrected chi connectivity index (χ4v) is 3.78. The van der Waals surface area contributed by atoms with Crippen LogP contribution in [-0.4, -0.2) is 58.6 Å². The highest BCUT2D eigenvalue weighted by Crippen LogP contribution is 2.21. The zero-order chi connectivity index (χ0) is 20.8. The zero-order valence-electron chi connectivity index (χ0n) is 17.4. The van der Waals surface area contributed by atoms with Crippen molar-refractivity contribution in [3.05, 3.63) is 48.7 Å². The van der Waals surface area contributed by atoms with Gasteiger partial charge in [0, 0.05) is 25.2 Å². The molecule has 0 aliphatic carbocycles. The molecule has 0 atom stereocenters. The summed E-state index contributed by atoms with van der Waals surface area (Å²) in [6, 6.07) is 13.5. The highest BCUT2D eigenvalue weighted by molar-refractivity contribution is 5.92. The molecule has 1 aliphatic heterocycles. The Bertz CT molecular complexity index is 987. The molecule has 1 fully saturated rings. The second-order valence-corrected chi connectivity index (χ2v) is 7.52. The summed E-state index contributed by atoms with van der Waals surface area (Å²) in [7, 11) is 0. The number of hydrogen-bond donors (Lipinski definition) is 1. The van der Waals surface area contributed by atoms with Crippen LogP contribution in [0.5, 0.6) is 0 Å². The summed E-state index contributed by atoms with van der Waals surface area (Å²) in [6.45, 7) is 6.13. The van der Waals surface area contributed by atoms with Gasteiger partial charge in [-0.1, -0.05) is 36.8 Å². The van der Waals surface area contributed by atoms with E-state index in [0.29, 0.717) is 30.1 Å². The minimum atomic E-state index is -0.131. The third kappa shape index (κ3) is 4.74. The van der Waals surface area contributed by atoms with E-state index in [1.54, 1.807) is 11.1 Å². The molecule has 2 aromatic heterocycles. The molecule has 3 heterocycles. The van der Waals surface area contributed by atoms with Crippen LogP contribution >= 0.6 is 0 Å². The van der Waals surface area contributed by atoms with Crippen LogP contribution < -0.4 is 10.2 Å². The second kappa shape index (κ2) is 9.63. The van der Waals surface area contributed by atoms with Gasteiger partial charge in [0.25, 0.3) is 0 Å². The minimum absolute atomic E-state index is 0.131. The van der Waals surface area contributed by atoms with E-state index >= 15 is 0 Å².